The van der Waals surface area contributed by atoms with Crippen LogP contribution in [0.5, 0.6) is 0 Å². The maximum absolute atomic E-state index is 13.0. The summed E-state index contributed by atoms with van der Waals surface area (Å²) in [7, 11) is 0. The number of hydrogen-bond donors (Lipinski definition) is 1. The van der Waals surface area contributed by atoms with Gasteiger partial charge in [0.1, 0.15) is 0 Å². The van der Waals surface area contributed by atoms with E-state index in [2.05, 4.69) is 27.9 Å². The lowest BCUT2D eigenvalue weighted by Gasteiger charge is -2.05. The van der Waals surface area contributed by atoms with Gasteiger partial charge in [-0.15, -0.1) is 11.8 Å². The lowest BCUT2D eigenvalue weighted by Crippen LogP contribution is -2.13. The molecule has 0 saturated heterocycles. The largest absolute Gasteiger partial charge is 0.325 e. The van der Waals surface area contributed by atoms with E-state index in [4.69, 9.17) is 0 Å². The molecule has 0 aromatic heterocycles. The van der Waals surface area contributed by atoms with Crippen LogP contribution in [0.1, 0.15) is 0 Å². The third-order valence-electron chi connectivity index (χ3n) is 2.39. The number of benzene rings is 2. The smallest absolute Gasteiger partial charge is 0.234 e. The molecule has 0 bridgehead atoms. The zero-order valence-corrected chi connectivity index (χ0v) is 13.2. The Bertz CT molecular complexity index is 619. The minimum Gasteiger partial charge on any atom is -0.325 e. The van der Waals surface area contributed by atoms with Crippen LogP contribution in [-0.2, 0) is 4.79 Å². The highest BCUT2D eigenvalue weighted by atomic mass is 127. The molecule has 2 aromatic rings. The van der Waals surface area contributed by atoms with Crippen molar-refractivity contribution in [2.45, 2.75) is 4.90 Å². The average Bonchev–Trinajstić information content (AvgIpc) is 2.43. The van der Waals surface area contributed by atoms with Gasteiger partial charge < -0.3 is 5.32 Å². The van der Waals surface area contributed by atoms with Gasteiger partial charge in [-0.3, -0.25) is 4.79 Å². The normalized spacial score (nSPS) is 10.3. The summed E-state index contributed by atoms with van der Waals surface area (Å²) < 4.78 is 26.8. The Hall–Kier alpha value is -1.15. The van der Waals surface area contributed by atoms with Crippen LogP contribution in [0.4, 0.5) is 14.5 Å². The quantitative estimate of drug-likeness (QED) is 0.607. The molecule has 1 N–H and O–H groups in total. The molecule has 0 saturated carbocycles. The standard InChI is InChI=1S/C14H10F2INOS/c15-12-6-5-11(7-13(12)16)20-8-14(19)18-10-3-1-9(17)2-4-10/h1-7H,8H2,(H,18,19). The Balaban J connectivity index is 1.88. The van der Waals surface area contributed by atoms with Crippen molar-refractivity contribution in [3.63, 3.8) is 0 Å². The van der Waals surface area contributed by atoms with Gasteiger partial charge in [0.15, 0.2) is 11.6 Å². The molecule has 0 radical (unpaired) electrons. The van der Waals surface area contributed by atoms with Gasteiger partial charge in [-0.2, -0.15) is 0 Å². The molecular weight excluding hydrogens is 395 g/mol. The number of amides is 1. The highest BCUT2D eigenvalue weighted by molar-refractivity contribution is 14.1. The summed E-state index contributed by atoms with van der Waals surface area (Å²) in [6.45, 7) is 0. The molecule has 0 aliphatic carbocycles. The van der Waals surface area contributed by atoms with E-state index in [0.717, 1.165) is 27.5 Å². The molecule has 0 heterocycles. The van der Waals surface area contributed by atoms with Crippen molar-refractivity contribution in [3.8, 4) is 0 Å². The fourth-order valence-corrected chi connectivity index (χ4v) is 2.53. The van der Waals surface area contributed by atoms with Crippen LogP contribution in [0.3, 0.4) is 0 Å². The number of nitrogens with one attached hydrogen (secondary N) is 1. The molecule has 2 aromatic carbocycles. The summed E-state index contributed by atoms with van der Waals surface area (Å²) in [5, 5.41) is 2.73. The minimum atomic E-state index is -0.909. The second-order valence-corrected chi connectivity index (χ2v) is 6.21. The highest BCUT2D eigenvalue weighted by Gasteiger charge is 2.06. The van der Waals surface area contributed by atoms with Gasteiger partial charge in [0.25, 0.3) is 0 Å². The molecule has 0 spiro atoms. The molecule has 0 aliphatic heterocycles. The van der Waals surface area contributed by atoms with Crippen LogP contribution < -0.4 is 5.32 Å². The predicted molar refractivity (Wildman–Crippen MR) is 84.9 cm³/mol. The maximum Gasteiger partial charge on any atom is 0.234 e. The Morgan fingerprint density at radius 3 is 2.45 bits per heavy atom. The van der Waals surface area contributed by atoms with Gasteiger partial charge in [-0.05, 0) is 65.1 Å². The van der Waals surface area contributed by atoms with E-state index < -0.39 is 11.6 Å². The molecule has 6 heteroatoms. The predicted octanol–water partition coefficient (Wildman–Crippen LogP) is 4.30. The topological polar surface area (TPSA) is 29.1 Å². The van der Waals surface area contributed by atoms with Crippen LogP contribution >= 0.6 is 34.4 Å². The van der Waals surface area contributed by atoms with Gasteiger partial charge >= 0.3 is 0 Å². The van der Waals surface area contributed by atoms with Crippen molar-refractivity contribution in [2.75, 3.05) is 11.1 Å². The molecule has 2 rings (SSSR count). The third-order valence-corrected chi connectivity index (χ3v) is 4.10. The van der Waals surface area contributed by atoms with Crippen LogP contribution in [-0.4, -0.2) is 11.7 Å². The van der Waals surface area contributed by atoms with Crippen molar-refractivity contribution in [3.05, 3.63) is 57.7 Å². The fraction of sp³-hybridized carbons (Fsp3) is 0.0714. The van der Waals surface area contributed by atoms with Gasteiger partial charge in [-0.25, -0.2) is 8.78 Å². The first-order valence-corrected chi connectivity index (χ1v) is 7.74. The van der Waals surface area contributed by atoms with E-state index >= 15 is 0 Å². The summed E-state index contributed by atoms with van der Waals surface area (Å²) in [6.07, 6.45) is 0. The number of thioether (sulfide) groups is 1. The van der Waals surface area contributed by atoms with Crippen molar-refractivity contribution < 1.29 is 13.6 Å². The number of anilines is 1. The lowest BCUT2D eigenvalue weighted by atomic mass is 10.3. The molecule has 20 heavy (non-hydrogen) atoms. The number of carbonyl (C=O) groups excluding carboxylic acids is 1. The van der Waals surface area contributed by atoms with Crippen molar-refractivity contribution in [1.82, 2.24) is 0 Å². The van der Waals surface area contributed by atoms with Crippen molar-refractivity contribution in [1.29, 1.82) is 0 Å². The molecule has 0 fully saturated rings. The van der Waals surface area contributed by atoms with Crippen LogP contribution in [0.2, 0.25) is 0 Å². The lowest BCUT2D eigenvalue weighted by molar-refractivity contribution is -0.113. The van der Waals surface area contributed by atoms with E-state index in [9.17, 15) is 13.6 Å². The number of rotatable bonds is 4. The first kappa shape index (κ1) is 15.2. The Labute approximate surface area is 133 Å². The van der Waals surface area contributed by atoms with E-state index in [0.29, 0.717) is 10.6 Å². The monoisotopic (exact) mass is 405 g/mol. The number of carbonyl (C=O) groups is 1. The highest BCUT2D eigenvalue weighted by Crippen LogP contribution is 2.20. The van der Waals surface area contributed by atoms with Crippen molar-refractivity contribution >= 4 is 45.9 Å². The first-order chi connectivity index (χ1) is 9.54. The summed E-state index contributed by atoms with van der Waals surface area (Å²) in [6, 6.07) is 11.0. The van der Waals surface area contributed by atoms with Gasteiger partial charge in [0.05, 0.1) is 5.75 Å². The number of halogens is 3. The van der Waals surface area contributed by atoms with Gasteiger partial charge in [-0.1, -0.05) is 0 Å². The molecule has 104 valence electrons. The van der Waals surface area contributed by atoms with Crippen molar-refractivity contribution in [2.24, 2.45) is 0 Å². The van der Waals surface area contributed by atoms with Gasteiger partial charge in [0, 0.05) is 14.2 Å². The fourth-order valence-electron chi connectivity index (χ4n) is 1.45. The minimum absolute atomic E-state index is 0.136. The Morgan fingerprint density at radius 2 is 1.80 bits per heavy atom. The van der Waals surface area contributed by atoms with Crippen LogP contribution in [0.15, 0.2) is 47.4 Å². The van der Waals surface area contributed by atoms with Gasteiger partial charge in [0.2, 0.25) is 5.91 Å². The maximum atomic E-state index is 13.0. The molecule has 2 nitrogen and oxygen atoms in total. The van der Waals surface area contributed by atoms with E-state index in [1.165, 1.54) is 6.07 Å². The third kappa shape index (κ3) is 4.45. The summed E-state index contributed by atoms with van der Waals surface area (Å²) in [5.74, 6) is -1.86. The first-order valence-electron chi connectivity index (χ1n) is 5.68. The summed E-state index contributed by atoms with van der Waals surface area (Å²) in [5.41, 5.74) is 0.710. The molecule has 0 unspecified atom stereocenters. The molecule has 0 aliphatic rings. The average molecular weight is 405 g/mol. The van der Waals surface area contributed by atoms with E-state index in [1.807, 2.05) is 24.3 Å². The molecule has 1 amide bonds. The SMILES string of the molecule is O=C(CSc1ccc(F)c(F)c1)Nc1ccc(I)cc1. The van der Waals surface area contributed by atoms with Crippen LogP contribution in [0, 0.1) is 15.2 Å². The second-order valence-electron chi connectivity index (χ2n) is 3.92. The molecular formula is C14H10F2INOS. The number of hydrogen-bond acceptors (Lipinski definition) is 2. The molecule has 0 atom stereocenters. The summed E-state index contributed by atoms with van der Waals surface area (Å²) >= 11 is 3.33. The van der Waals surface area contributed by atoms with Crippen LogP contribution in [0.25, 0.3) is 0 Å². The Kier molecular flexibility index (Phi) is 5.36. The van der Waals surface area contributed by atoms with E-state index in [1.54, 1.807) is 0 Å². The van der Waals surface area contributed by atoms with E-state index in [-0.39, 0.29) is 11.7 Å². The zero-order valence-electron chi connectivity index (χ0n) is 10.2. The Morgan fingerprint density at radius 1 is 1.10 bits per heavy atom. The summed E-state index contributed by atoms with van der Waals surface area (Å²) in [4.78, 5) is 12.2. The zero-order chi connectivity index (χ0) is 14.5. The second kappa shape index (κ2) is 7.03.